The zero-order chi connectivity index (χ0) is 16.0. The normalized spacial score (nSPS) is 12.1. The Labute approximate surface area is 126 Å². The van der Waals surface area contributed by atoms with E-state index in [0.717, 1.165) is 0 Å². The minimum atomic E-state index is -0.357. The predicted octanol–water partition coefficient (Wildman–Crippen LogP) is 1.98. The maximum absolute atomic E-state index is 12.0. The smallest absolute Gasteiger partial charge is 0.244 e. The summed E-state index contributed by atoms with van der Waals surface area (Å²) in [4.78, 5) is 18.0. The van der Waals surface area contributed by atoms with Crippen molar-refractivity contribution >= 4 is 17.4 Å². The minimum Gasteiger partial charge on any atom is -0.476 e. The first-order valence-corrected chi connectivity index (χ1v) is 7.26. The number of nitrogens with one attached hydrogen (secondary N) is 1. The van der Waals surface area contributed by atoms with Crippen LogP contribution in [0, 0.1) is 5.92 Å². The van der Waals surface area contributed by atoms with Crippen LogP contribution < -0.4 is 15.8 Å². The zero-order valence-electron chi connectivity index (χ0n) is 13.5. The molecule has 1 atom stereocenters. The van der Waals surface area contributed by atoms with Crippen LogP contribution in [-0.4, -0.2) is 42.0 Å². The van der Waals surface area contributed by atoms with Gasteiger partial charge in [0.05, 0.1) is 12.3 Å². The highest BCUT2D eigenvalue weighted by Gasteiger charge is 2.17. The number of nitrogen functional groups attached to an aromatic ring is 1. The third-order valence-electron chi connectivity index (χ3n) is 3.03. The number of nitrogens with two attached hydrogens (primary N) is 1. The largest absolute Gasteiger partial charge is 0.476 e. The number of nitrogens with zero attached hydrogens (tertiary/aromatic N) is 2. The Morgan fingerprint density at radius 2 is 2.10 bits per heavy atom. The van der Waals surface area contributed by atoms with Crippen LogP contribution in [0.25, 0.3) is 0 Å². The summed E-state index contributed by atoms with van der Waals surface area (Å²) >= 11 is 0. The fraction of sp³-hybridized carbons (Fsp3) is 0.600. The van der Waals surface area contributed by atoms with E-state index in [9.17, 15) is 4.79 Å². The molecule has 21 heavy (non-hydrogen) atoms. The average molecular weight is 294 g/mol. The van der Waals surface area contributed by atoms with Gasteiger partial charge in [0.1, 0.15) is 11.9 Å². The molecule has 1 aromatic rings. The number of aromatic nitrogens is 1. The number of carbonyl (C=O) groups excluding carboxylic acids is 1. The van der Waals surface area contributed by atoms with Crippen LogP contribution >= 0.6 is 0 Å². The number of pyridine rings is 1. The Hall–Kier alpha value is -1.98. The maximum atomic E-state index is 12.0. The number of amides is 1. The molecule has 0 bridgehead atoms. The van der Waals surface area contributed by atoms with E-state index in [2.05, 4.69) is 24.1 Å². The number of rotatable bonds is 7. The van der Waals surface area contributed by atoms with Crippen molar-refractivity contribution in [3.63, 3.8) is 0 Å². The van der Waals surface area contributed by atoms with Gasteiger partial charge in [0.25, 0.3) is 0 Å². The Balaban J connectivity index is 2.75. The Kier molecular flexibility index (Phi) is 6.27. The van der Waals surface area contributed by atoms with Gasteiger partial charge in [0.2, 0.25) is 11.8 Å². The van der Waals surface area contributed by atoms with Gasteiger partial charge < -0.3 is 20.7 Å². The molecule has 1 amide bonds. The van der Waals surface area contributed by atoms with Gasteiger partial charge in [-0.1, -0.05) is 13.8 Å². The van der Waals surface area contributed by atoms with E-state index < -0.39 is 0 Å². The van der Waals surface area contributed by atoms with E-state index in [4.69, 9.17) is 10.5 Å². The summed E-state index contributed by atoms with van der Waals surface area (Å²) in [6, 6.07) is 3.11. The summed E-state index contributed by atoms with van der Waals surface area (Å²) in [5.41, 5.74) is 6.34. The highest BCUT2D eigenvalue weighted by atomic mass is 16.5. The Morgan fingerprint density at radius 3 is 2.67 bits per heavy atom. The molecule has 6 nitrogen and oxygen atoms in total. The molecule has 6 heteroatoms. The first-order valence-electron chi connectivity index (χ1n) is 7.26. The van der Waals surface area contributed by atoms with Gasteiger partial charge in [-0.2, -0.15) is 4.98 Å². The second-order valence-corrected chi connectivity index (χ2v) is 5.51. The fourth-order valence-corrected chi connectivity index (χ4v) is 1.66. The molecular weight excluding hydrogens is 268 g/mol. The second-order valence-electron chi connectivity index (χ2n) is 5.51. The van der Waals surface area contributed by atoms with E-state index in [1.54, 1.807) is 31.0 Å². The standard InChI is InChI=1S/C15H26N4O2/c1-6-19(5)15(20)11(4)17-13-8-7-12(16)14(18-13)21-9-10(2)3/h7-8,10-11H,6,9,16H2,1-5H3,(H,17,18). The number of carbonyl (C=O) groups is 1. The van der Waals surface area contributed by atoms with Crippen LogP contribution in [0.4, 0.5) is 11.5 Å². The van der Waals surface area contributed by atoms with E-state index in [-0.39, 0.29) is 11.9 Å². The van der Waals surface area contributed by atoms with Crippen LogP contribution in [0.5, 0.6) is 5.88 Å². The zero-order valence-corrected chi connectivity index (χ0v) is 13.5. The highest BCUT2D eigenvalue weighted by Crippen LogP contribution is 2.22. The van der Waals surface area contributed by atoms with Crippen molar-refractivity contribution in [1.29, 1.82) is 0 Å². The number of likely N-dealkylation sites (N-methyl/N-ethyl adjacent to an activating group) is 1. The molecule has 1 unspecified atom stereocenters. The van der Waals surface area contributed by atoms with Gasteiger partial charge in [-0.15, -0.1) is 0 Å². The van der Waals surface area contributed by atoms with Gasteiger partial charge in [-0.05, 0) is 31.9 Å². The summed E-state index contributed by atoms with van der Waals surface area (Å²) < 4.78 is 5.58. The van der Waals surface area contributed by atoms with Crippen molar-refractivity contribution in [2.75, 3.05) is 31.2 Å². The van der Waals surface area contributed by atoms with Gasteiger partial charge in [-0.3, -0.25) is 4.79 Å². The topological polar surface area (TPSA) is 80.5 Å². The monoisotopic (exact) mass is 294 g/mol. The lowest BCUT2D eigenvalue weighted by atomic mass is 10.2. The van der Waals surface area contributed by atoms with Gasteiger partial charge in [-0.25, -0.2) is 0 Å². The summed E-state index contributed by atoms with van der Waals surface area (Å²) in [5, 5.41) is 3.07. The van der Waals surface area contributed by atoms with Crippen LogP contribution in [0.2, 0.25) is 0 Å². The molecule has 0 spiro atoms. The minimum absolute atomic E-state index is 0.0146. The van der Waals surface area contributed by atoms with Gasteiger partial charge >= 0.3 is 0 Å². The Morgan fingerprint density at radius 1 is 1.43 bits per heavy atom. The first kappa shape index (κ1) is 17.1. The van der Waals surface area contributed by atoms with Crippen molar-refractivity contribution < 1.29 is 9.53 Å². The molecule has 1 heterocycles. The molecule has 1 rings (SSSR count). The molecule has 0 fully saturated rings. The molecule has 0 aromatic carbocycles. The molecule has 0 aliphatic rings. The quantitative estimate of drug-likeness (QED) is 0.803. The van der Waals surface area contributed by atoms with Gasteiger partial charge in [0.15, 0.2) is 0 Å². The van der Waals surface area contributed by atoms with E-state index in [0.29, 0.717) is 36.5 Å². The molecular formula is C15H26N4O2. The molecule has 0 radical (unpaired) electrons. The number of anilines is 2. The average Bonchev–Trinajstić information content (AvgIpc) is 2.45. The highest BCUT2D eigenvalue weighted by molar-refractivity contribution is 5.83. The van der Waals surface area contributed by atoms with Crippen molar-refractivity contribution in [1.82, 2.24) is 9.88 Å². The maximum Gasteiger partial charge on any atom is 0.244 e. The van der Waals surface area contributed by atoms with Crippen molar-refractivity contribution in [2.45, 2.75) is 33.7 Å². The molecule has 0 saturated carbocycles. The molecule has 3 N–H and O–H groups in total. The Bertz CT molecular complexity index is 477. The van der Waals surface area contributed by atoms with Crippen LogP contribution in [0.15, 0.2) is 12.1 Å². The summed E-state index contributed by atoms with van der Waals surface area (Å²) in [6.45, 7) is 9.07. The van der Waals surface area contributed by atoms with Crippen LogP contribution in [-0.2, 0) is 4.79 Å². The summed E-state index contributed by atoms with van der Waals surface area (Å²) in [6.07, 6.45) is 0. The van der Waals surface area contributed by atoms with Crippen molar-refractivity contribution in [2.24, 2.45) is 5.92 Å². The third-order valence-corrected chi connectivity index (χ3v) is 3.03. The molecule has 1 aromatic heterocycles. The number of hydrogen-bond donors (Lipinski definition) is 2. The first-order chi connectivity index (χ1) is 9.85. The van der Waals surface area contributed by atoms with Gasteiger partial charge in [0, 0.05) is 13.6 Å². The number of hydrogen-bond acceptors (Lipinski definition) is 5. The molecule has 118 valence electrons. The van der Waals surface area contributed by atoms with E-state index >= 15 is 0 Å². The predicted molar refractivity (Wildman–Crippen MR) is 85.4 cm³/mol. The number of ether oxygens (including phenoxy) is 1. The molecule has 0 aliphatic carbocycles. The van der Waals surface area contributed by atoms with E-state index in [1.165, 1.54) is 0 Å². The fourth-order valence-electron chi connectivity index (χ4n) is 1.66. The SMILES string of the molecule is CCN(C)C(=O)C(C)Nc1ccc(N)c(OCC(C)C)n1. The molecule has 0 aliphatic heterocycles. The van der Waals surface area contributed by atoms with E-state index in [1.807, 2.05) is 6.92 Å². The van der Waals surface area contributed by atoms with Crippen LogP contribution in [0.1, 0.15) is 27.7 Å². The lowest BCUT2D eigenvalue weighted by molar-refractivity contribution is -0.130. The second kappa shape index (κ2) is 7.71. The summed E-state index contributed by atoms with van der Waals surface area (Å²) in [7, 11) is 1.77. The third kappa shape index (κ3) is 5.13. The summed E-state index contributed by atoms with van der Waals surface area (Å²) in [5.74, 6) is 1.38. The lowest BCUT2D eigenvalue weighted by Crippen LogP contribution is -2.39. The van der Waals surface area contributed by atoms with Crippen LogP contribution in [0.3, 0.4) is 0 Å². The lowest BCUT2D eigenvalue weighted by Gasteiger charge is -2.21. The molecule has 0 saturated heterocycles. The van der Waals surface area contributed by atoms with Crippen molar-refractivity contribution in [3.05, 3.63) is 12.1 Å². The van der Waals surface area contributed by atoms with Crippen molar-refractivity contribution in [3.8, 4) is 5.88 Å².